The van der Waals surface area contributed by atoms with Crippen LogP contribution in [0.3, 0.4) is 0 Å². The van der Waals surface area contributed by atoms with Gasteiger partial charge in [0.25, 0.3) is 11.5 Å². The molecule has 0 saturated carbocycles. The highest BCUT2D eigenvalue weighted by Crippen LogP contribution is 2.34. The number of methoxy groups -OCH3 is 2. The van der Waals surface area contributed by atoms with Gasteiger partial charge in [0.1, 0.15) is 11.5 Å². The van der Waals surface area contributed by atoms with E-state index in [-0.39, 0.29) is 11.3 Å². The first-order valence-electron chi connectivity index (χ1n) is 9.38. The van der Waals surface area contributed by atoms with Gasteiger partial charge in [-0.1, -0.05) is 18.2 Å². The van der Waals surface area contributed by atoms with Gasteiger partial charge in [0, 0.05) is 17.1 Å². The molecular formula is C23H19N3O5. The monoisotopic (exact) mass is 417 g/mol. The standard InChI is InChI=1S/C23H19N3O5/c1-29-15-8-10-16(11-9-15)31-20-13-14(7-12-19(20)30-2)24-23(28)21-17-5-3-4-6-18(17)22(27)26-25-21/h3-13H,1-2H3,(H,24,28)(H,26,27). The van der Waals surface area contributed by atoms with Crippen LogP contribution in [0.5, 0.6) is 23.0 Å². The molecule has 0 spiro atoms. The number of aromatic amines is 1. The summed E-state index contributed by atoms with van der Waals surface area (Å²) in [7, 11) is 3.12. The molecule has 1 heterocycles. The number of amides is 1. The van der Waals surface area contributed by atoms with Crippen molar-refractivity contribution >= 4 is 22.4 Å². The van der Waals surface area contributed by atoms with Gasteiger partial charge in [0.05, 0.1) is 19.6 Å². The summed E-state index contributed by atoms with van der Waals surface area (Å²) in [6.07, 6.45) is 0. The van der Waals surface area contributed by atoms with E-state index in [1.54, 1.807) is 73.8 Å². The van der Waals surface area contributed by atoms with E-state index >= 15 is 0 Å². The van der Waals surface area contributed by atoms with E-state index in [9.17, 15) is 9.59 Å². The molecule has 0 saturated heterocycles. The van der Waals surface area contributed by atoms with Crippen LogP contribution in [-0.4, -0.2) is 30.3 Å². The van der Waals surface area contributed by atoms with Gasteiger partial charge >= 0.3 is 0 Å². The number of fused-ring (bicyclic) bond motifs is 1. The van der Waals surface area contributed by atoms with Gasteiger partial charge in [0.2, 0.25) is 0 Å². The predicted octanol–water partition coefficient (Wildman–Crippen LogP) is 3.98. The normalized spacial score (nSPS) is 10.5. The minimum atomic E-state index is -0.465. The van der Waals surface area contributed by atoms with Crippen LogP contribution in [0.15, 0.2) is 71.5 Å². The van der Waals surface area contributed by atoms with Gasteiger partial charge < -0.3 is 19.5 Å². The third-order valence-electron chi connectivity index (χ3n) is 4.62. The topological polar surface area (TPSA) is 103 Å². The lowest BCUT2D eigenvalue weighted by Crippen LogP contribution is -2.19. The van der Waals surface area contributed by atoms with Crippen molar-refractivity contribution in [3.8, 4) is 23.0 Å². The van der Waals surface area contributed by atoms with Crippen LogP contribution in [0, 0.1) is 0 Å². The number of carbonyl (C=O) groups excluding carboxylic acids is 1. The lowest BCUT2D eigenvalue weighted by atomic mass is 10.1. The fraction of sp³-hybridized carbons (Fsp3) is 0.0870. The summed E-state index contributed by atoms with van der Waals surface area (Å²) in [5.74, 6) is 1.75. The number of aromatic nitrogens is 2. The molecule has 0 aliphatic rings. The minimum absolute atomic E-state index is 0.114. The lowest BCUT2D eigenvalue weighted by molar-refractivity contribution is 0.102. The maximum Gasteiger partial charge on any atom is 0.276 e. The SMILES string of the molecule is COc1ccc(Oc2cc(NC(=O)c3n[nH]c(=O)c4ccccc34)ccc2OC)cc1. The molecule has 4 aromatic rings. The van der Waals surface area contributed by atoms with Crippen molar-refractivity contribution in [1.82, 2.24) is 10.2 Å². The molecule has 1 aromatic heterocycles. The molecule has 2 N–H and O–H groups in total. The molecule has 0 aliphatic heterocycles. The van der Waals surface area contributed by atoms with Gasteiger partial charge in [-0.2, -0.15) is 5.10 Å². The summed E-state index contributed by atoms with van der Waals surface area (Å²) in [6.45, 7) is 0. The Morgan fingerprint density at radius 2 is 1.58 bits per heavy atom. The molecule has 4 rings (SSSR count). The van der Waals surface area contributed by atoms with Gasteiger partial charge in [-0.05, 0) is 42.5 Å². The Labute approximate surface area is 177 Å². The highest BCUT2D eigenvalue weighted by Gasteiger charge is 2.15. The molecule has 8 heteroatoms. The third kappa shape index (κ3) is 4.18. The van der Waals surface area contributed by atoms with Crippen LogP contribution < -0.4 is 25.1 Å². The van der Waals surface area contributed by atoms with E-state index in [2.05, 4.69) is 15.5 Å². The lowest BCUT2D eigenvalue weighted by Gasteiger charge is -2.13. The van der Waals surface area contributed by atoms with Gasteiger partial charge in [-0.3, -0.25) is 9.59 Å². The van der Waals surface area contributed by atoms with Crippen LogP contribution in [-0.2, 0) is 0 Å². The summed E-state index contributed by atoms with van der Waals surface area (Å²) in [4.78, 5) is 24.8. The first-order chi connectivity index (χ1) is 15.1. The van der Waals surface area contributed by atoms with Crippen LogP contribution in [0.2, 0.25) is 0 Å². The molecule has 0 radical (unpaired) electrons. The number of anilines is 1. The fourth-order valence-electron chi connectivity index (χ4n) is 3.08. The van der Waals surface area contributed by atoms with Crippen molar-refractivity contribution in [2.24, 2.45) is 0 Å². The zero-order chi connectivity index (χ0) is 21.8. The number of hydrogen-bond donors (Lipinski definition) is 2. The summed E-state index contributed by atoms with van der Waals surface area (Å²) in [5.41, 5.74) is 0.238. The molecule has 31 heavy (non-hydrogen) atoms. The van der Waals surface area contributed by atoms with Crippen molar-refractivity contribution in [3.05, 3.63) is 82.8 Å². The summed E-state index contributed by atoms with van der Waals surface area (Å²) >= 11 is 0. The maximum atomic E-state index is 12.9. The van der Waals surface area contributed by atoms with Crippen molar-refractivity contribution < 1.29 is 19.0 Å². The van der Waals surface area contributed by atoms with Crippen LogP contribution >= 0.6 is 0 Å². The second kappa shape index (κ2) is 8.58. The Morgan fingerprint density at radius 1 is 0.871 bits per heavy atom. The van der Waals surface area contributed by atoms with Gasteiger partial charge in [-0.25, -0.2) is 5.10 Å². The zero-order valence-corrected chi connectivity index (χ0v) is 16.8. The first kappa shape index (κ1) is 20.0. The van der Waals surface area contributed by atoms with E-state index in [1.165, 1.54) is 7.11 Å². The molecule has 3 aromatic carbocycles. The molecule has 8 nitrogen and oxygen atoms in total. The van der Waals surface area contributed by atoms with E-state index in [1.807, 2.05) is 0 Å². The van der Waals surface area contributed by atoms with Crippen LogP contribution in [0.25, 0.3) is 10.8 Å². The summed E-state index contributed by atoms with van der Waals surface area (Å²) in [5, 5.41) is 9.93. The Kier molecular flexibility index (Phi) is 5.53. The van der Waals surface area contributed by atoms with E-state index in [0.29, 0.717) is 39.5 Å². The van der Waals surface area contributed by atoms with E-state index in [4.69, 9.17) is 14.2 Å². The number of benzene rings is 3. The zero-order valence-electron chi connectivity index (χ0n) is 16.8. The van der Waals surface area contributed by atoms with E-state index in [0.717, 1.165) is 0 Å². The van der Waals surface area contributed by atoms with Crippen LogP contribution in [0.1, 0.15) is 10.5 Å². The number of nitrogens with one attached hydrogen (secondary N) is 2. The summed E-state index contributed by atoms with van der Waals surface area (Å²) in [6, 6.07) is 18.9. The van der Waals surface area contributed by atoms with Crippen molar-refractivity contribution in [1.29, 1.82) is 0 Å². The molecular weight excluding hydrogens is 398 g/mol. The summed E-state index contributed by atoms with van der Waals surface area (Å²) < 4.78 is 16.4. The fourth-order valence-corrected chi connectivity index (χ4v) is 3.08. The minimum Gasteiger partial charge on any atom is -0.497 e. The Morgan fingerprint density at radius 3 is 2.29 bits per heavy atom. The highest BCUT2D eigenvalue weighted by atomic mass is 16.5. The molecule has 0 aliphatic carbocycles. The maximum absolute atomic E-state index is 12.9. The average Bonchev–Trinajstić information content (AvgIpc) is 2.80. The van der Waals surface area contributed by atoms with Crippen molar-refractivity contribution in [2.75, 3.05) is 19.5 Å². The van der Waals surface area contributed by atoms with Crippen molar-refractivity contribution in [2.45, 2.75) is 0 Å². The third-order valence-corrected chi connectivity index (χ3v) is 4.62. The van der Waals surface area contributed by atoms with Crippen LogP contribution in [0.4, 0.5) is 5.69 Å². The largest absolute Gasteiger partial charge is 0.497 e. The Balaban J connectivity index is 1.62. The second-order valence-corrected chi connectivity index (χ2v) is 6.54. The van der Waals surface area contributed by atoms with Gasteiger partial charge in [-0.15, -0.1) is 0 Å². The number of ether oxygens (including phenoxy) is 3. The Hall–Kier alpha value is -4.33. The van der Waals surface area contributed by atoms with Crippen molar-refractivity contribution in [3.63, 3.8) is 0 Å². The smallest absolute Gasteiger partial charge is 0.276 e. The number of H-pyrrole nitrogens is 1. The number of hydrogen-bond acceptors (Lipinski definition) is 6. The molecule has 0 unspecified atom stereocenters. The van der Waals surface area contributed by atoms with E-state index < -0.39 is 5.91 Å². The molecule has 1 amide bonds. The highest BCUT2D eigenvalue weighted by molar-refractivity contribution is 6.11. The molecule has 0 atom stereocenters. The molecule has 0 fully saturated rings. The second-order valence-electron chi connectivity index (χ2n) is 6.54. The Bertz CT molecular complexity index is 1300. The number of rotatable bonds is 6. The predicted molar refractivity (Wildman–Crippen MR) is 116 cm³/mol. The average molecular weight is 417 g/mol. The molecule has 0 bridgehead atoms. The number of nitrogens with zero attached hydrogens (tertiary/aromatic N) is 1. The first-order valence-corrected chi connectivity index (χ1v) is 9.38. The quantitative estimate of drug-likeness (QED) is 0.492. The number of carbonyl (C=O) groups is 1. The van der Waals surface area contributed by atoms with Gasteiger partial charge in [0.15, 0.2) is 17.2 Å². The molecule has 156 valence electrons.